The van der Waals surface area contributed by atoms with Gasteiger partial charge in [-0.15, -0.1) is 0 Å². The Kier molecular flexibility index (Phi) is 5.58. The van der Waals surface area contributed by atoms with Crippen molar-refractivity contribution in [3.05, 3.63) is 12.2 Å². The lowest BCUT2D eigenvalue weighted by Gasteiger charge is -2.05. The van der Waals surface area contributed by atoms with E-state index in [9.17, 15) is 4.79 Å². The van der Waals surface area contributed by atoms with E-state index in [0.717, 1.165) is 6.42 Å². The summed E-state index contributed by atoms with van der Waals surface area (Å²) in [6, 6.07) is 0. The molecule has 0 saturated carbocycles. The summed E-state index contributed by atoms with van der Waals surface area (Å²) in [6.07, 6.45) is 13.9. The molecule has 0 radical (unpaired) electrons. The van der Waals surface area contributed by atoms with Crippen molar-refractivity contribution < 1.29 is 4.79 Å². The largest absolute Gasteiger partial charge is 0.295 e. The fourth-order valence-corrected chi connectivity index (χ4v) is 2.02. The number of ketones is 1. The Bertz CT molecular complexity index is 193. The van der Waals surface area contributed by atoms with Crippen LogP contribution in [0.25, 0.3) is 0 Å². The van der Waals surface area contributed by atoms with E-state index < -0.39 is 0 Å². The van der Waals surface area contributed by atoms with E-state index in [-0.39, 0.29) is 0 Å². The maximum Gasteiger partial charge on any atom is 0.155 e. The molecule has 0 aromatic rings. The van der Waals surface area contributed by atoms with E-state index in [2.05, 4.69) is 13.0 Å². The molecule has 0 bridgehead atoms. The molecule has 0 aliphatic heterocycles. The maximum absolute atomic E-state index is 10.9. The lowest BCUT2D eigenvalue weighted by atomic mass is 10.00. The van der Waals surface area contributed by atoms with Crippen molar-refractivity contribution >= 4 is 5.78 Å². The highest BCUT2D eigenvalue weighted by Gasteiger charge is 2.14. The van der Waals surface area contributed by atoms with Crippen LogP contribution in [-0.2, 0) is 4.79 Å². The van der Waals surface area contributed by atoms with Gasteiger partial charge in [0.1, 0.15) is 0 Å². The van der Waals surface area contributed by atoms with Gasteiger partial charge in [-0.1, -0.05) is 51.5 Å². The molecule has 0 N–H and O–H groups in total. The van der Waals surface area contributed by atoms with E-state index in [1.807, 2.05) is 0 Å². The minimum Gasteiger partial charge on any atom is -0.295 e. The molecular weight excluding hydrogens is 172 g/mol. The van der Waals surface area contributed by atoms with Crippen molar-refractivity contribution in [1.29, 1.82) is 0 Å². The average Bonchev–Trinajstić information content (AvgIpc) is 2.58. The second-order valence-corrected chi connectivity index (χ2v) is 4.35. The lowest BCUT2D eigenvalue weighted by molar-refractivity contribution is -0.114. The van der Waals surface area contributed by atoms with Gasteiger partial charge in [0.25, 0.3) is 0 Å². The molecule has 0 aromatic carbocycles. The zero-order valence-electron chi connectivity index (χ0n) is 9.30. The van der Waals surface area contributed by atoms with Gasteiger partial charge in [-0.25, -0.2) is 0 Å². The van der Waals surface area contributed by atoms with Gasteiger partial charge in [0.15, 0.2) is 5.78 Å². The third kappa shape index (κ3) is 4.59. The van der Waals surface area contributed by atoms with E-state index in [4.69, 9.17) is 0 Å². The van der Waals surface area contributed by atoms with Gasteiger partial charge in [0.2, 0.25) is 0 Å². The molecular formula is C13H22O. The fraction of sp³-hybridized carbons (Fsp3) is 0.769. The van der Waals surface area contributed by atoms with Crippen LogP contribution in [0.3, 0.4) is 0 Å². The molecule has 0 amide bonds. The quantitative estimate of drug-likeness (QED) is 0.562. The number of unbranched alkanes of at least 4 members (excludes halogenated alkanes) is 5. The molecule has 0 fully saturated rings. The van der Waals surface area contributed by atoms with Crippen LogP contribution in [0.4, 0.5) is 0 Å². The van der Waals surface area contributed by atoms with Crippen molar-refractivity contribution in [2.75, 3.05) is 0 Å². The zero-order chi connectivity index (χ0) is 10.2. The van der Waals surface area contributed by atoms with Crippen molar-refractivity contribution in [2.45, 2.75) is 58.3 Å². The first-order valence-electron chi connectivity index (χ1n) is 6.04. The Morgan fingerprint density at radius 2 is 1.93 bits per heavy atom. The summed E-state index contributed by atoms with van der Waals surface area (Å²) < 4.78 is 0. The van der Waals surface area contributed by atoms with Gasteiger partial charge in [-0.3, -0.25) is 4.79 Å². The Morgan fingerprint density at radius 1 is 1.21 bits per heavy atom. The Labute approximate surface area is 87.6 Å². The summed E-state index contributed by atoms with van der Waals surface area (Å²) >= 11 is 0. The monoisotopic (exact) mass is 194 g/mol. The molecule has 14 heavy (non-hydrogen) atoms. The predicted molar refractivity (Wildman–Crippen MR) is 60.2 cm³/mol. The molecule has 0 heterocycles. The summed E-state index contributed by atoms with van der Waals surface area (Å²) in [4.78, 5) is 10.9. The topological polar surface area (TPSA) is 17.1 Å². The van der Waals surface area contributed by atoms with Gasteiger partial charge < -0.3 is 0 Å². The molecule has 0 spiro atoms. The summed E-state index contributed by atoms with van der Waals surface area (Å²) in [5.74, 6) is 0.884. The summed E-state index contributed by atoms with van der Waals surface area (Å²) in [7, 11) is 0. The minimum atomic E-state index is 0.320. The Balaban J connectivity index is 1.89. The number of hydrogen-bond acceptors (Lipinski definition) is 1. The van der Waals surface area contributed by atoms with Gasteiger partial charge in [-0.05, 0) is 18.4 Å². The SMILES string of the molecule is CCCCCCCC[C@@H]1C=CC(=O)C1. The first-order valence-corrected chi connectivity index (χ1v) is 6.04. The maximum atomic E-state index is 10.9. The molecule has 0 saturated heterocycles. The van der Waals surface area contributed by atoms with Crippen LogP contribution >= 0.6 is 0 Å². The van der Waals surface area contributed by atoms with Crippen LogP contribution in [0, 0.1) is 5.92 Å². The normalized spacial score (nSPS) is 20.6. The first kappa shape index (κ1) is 11.5. The van der Waals surface area contributed by atoms with E-state index in [0.29, 0.717) is 11.7 Å². The minimum absolute atomic E-state index is 0.320. The Hall–Kier alpha value is -0.590. The highest BCUT2D eigenvalue weighted by molar-refractivity contribution is 5.92. The third-order valence-electron chi connectivity index (χ3n) is 2.95. The van der Waals surface area contributed by atoms with E-state index >= 15 is 0 Å². The van der Waals surface area contributed by atoms with Gasteiger partial charge in [0.05, 0.1) is 0 Å². The van der Waals surface area contributed by atoms with Crippen molar-refractivity contribution in [2.24, 2.45) is 5.92 Å². The smallest absolute Gasteiger partial charge is 0.155 e. The van der Waals surface area contributed by atoms with Crippen LogP contribution in [-0.4, -0.2) is 5.78 Å². The molecule has 0 aromatic heterocycles. The highest BCUT2D eigenvalue weighted by Crippen LogP contribution is 2.21. The zero-order valence-corrected chi connectivity index (χ0v) is 9.30. The standard InChI is InChI=1S/C13H22O/c1-2-3-4-5-6-7-8-12-9-10-13(14)11-12/h9-10,12H,2-8,11H2,1H3/t12-/m1/s1. The van der Waals surface area contributed by atoms with Crippen LogP contribution in [0.5, 0.6) is 0 Å². The second-order valence-electron chi connectivity index (χ2n) is 4.35. The van der Waals surface area contributed by atoms with E-state index in [1.165, 1.54) is 44.9 Å². The van der Waals surface area contributed by atoms with Crippen LogP contribution < -0.4 is 0 Å². The number of rotatable bonds is 7. The molecule has 1 aliphatic carbocycles. The fourth-order valence-electron chi connectivity index (χ4n) is 2.02. The highest BCUT2D eigenvalue weighted by atomic mass is 16.1. The molecule has 0 unspecified atom stereocenters. The van der Waals surface area contributed by atoms with E-state index in [1.54, 1.807) is 6.08 Å². The van der Waals surface area contributed by atoms with Crippen molar-refractivity contribution in [3.8, 4) is 0 Å². The van der Waals surface area contributed by atoms with Crippen molar-refractivity contribution in [3.63, 3.8) is 0 Å². The second kappa shape index (κ2) is 6.80. The van der Waals surface area contributed by atoms with Crippen LogP contribution in [0.1, 0.15) is 58.3 Å². The molecule has 1 heteroatoms. The van der Waals surface area contributed by atoms with Crippen LogP contribution in [0.2, 0.25) is 0 Å². The summed E-state index contributed by atoms with van der Waals surface area (Å²) in [6.45, 7) is 2.24. The average molecular weight is 194 g/mol. The number of carbonyl (C=O) groups excluding carboxylic acids is 1. The van der Waals surface area contributed by atoms with Gasteiger partial charge in [0, 0.05) is 6.42 Å². The first-order chi connectivity index (χ1) is 6.83. The predicted octanol–water partition coefficient (Wildman–Crippen LogP) is 3.88. The van der Waals surface area contributed by atoms with Gasteiger partial charge >= 0.3 is 0 Å². The van der Waals surface area contributed by atoms with Crippen LogP contribution in [0.15, 0.2) is 12.2 Å². The molecule has 1 aliphatic rings. The molecule has 1 rings (SSSR count). The molecule has 1 nitrogen and oxygen atoms in total. The molecule has 80 valence electrons. The molecule has 1 atom stereocenters. The summed E-state index contributed by atoms with van der Waals surface area (Å²) in [5.41, 5.74) is 0. The van der Waals surface area contributed by atoms with Gasteiger partial charge in [-0.2, -0.15) is 0 Å². The number of hydrogen-bond donors (Lipinski definition) is 0. The Morgan fingerprint density at radius 3 is 2.57 bits per heavy atom. The van der Waals surface area contributed by atoms with Crippen molar-refractivity contribution in [1.82, 2.24) is 0 Å². The lowest BCUT2D eigenvalue weighted by Crippen LogP contribution is -1.96. The number of allylic oxidation sites excluding steroid dienone is 2. The third-order valence-corrected chi connectivity index (χ3v) is 2.95. The number of carbonyl (C=O) groups is 1. The summed E-state index contributed by atoms with van der Waals surface area (Å²) in [5, 5.41) is 0.